The fraction of sp³-hybridized carbons (Fsp3) is 0.571. The minimum atomic E-state index is -3.16. The van der Waals surface area contributed by atoms with E-state index >= 15 is 0 Å². The van der Waals surface area contributed by atoms with Crippen LogP contribution in [0.1, 0.15) is 19.8 Å². The standard InChI is InChI=1S/C14H20ClNO2S/c1-2-19(17,18)14-6-4-3-5-13(14)16-9-7-12(11-15)8-10-16/h3-6,12H,2,7-11H2,1H3. The summed E-state index contributed by atoms with van der Waals surface area (Å²) in [6, 6.07) is 7.31. The van der Waals surface area contributed by atoms with Gasteiger partial charge in [-0.05, 0) is 30.9 Å². The fourth-order valence-corrected chi connectivity index (χ4v) is 3.89. The number of sulfone groups is 1. The Kier molecular flexibility index (Phi) is 4.74. The van der Waals surface area contributed by atoms with Gasteiger partial charge in [-0.25, -0.2) is 8.42 Å². The van der Waals surface area contributed by atoms with E-state index in [-0.39, 0.29) is 5.75 Å². The SMILES string of the molecule is CCS(=O)(=O)c1ccccc1N1CCC(CCl)CC1. The second-order valence-corrected chi connectivity index (χ2v) is 7.51. The Morgan fingerprint density at radius 3 is 2.47 bits per heavy atom. The van der Waals surface area contributed by atoms with Gasteiger partial charge in [0, 0.05) is 19.0 Å². The van der Waals surface area contributed by atoms with Crippen molar-refractivity contribution in [2.75, 3.05) is 29.6 Å². The Morgan fingerprint density at radius 2 is 1.89 bits per heavy atom. The molecule has 0 aromatic heterocycles. The van der Waals surface area contributed by atoms with Crippen molar-refractivity contribution in [1.82, 2.24) is 0 Å². The van der Waals surface area contributed by atoms with E-state index in [4.69, 9.17) is 11.6 Å². The van der Waals surface area contributed by atoms with Gasteiger partial charge >= 0.3 is 0 Å². The van der Waals surface area contributed by atoms with Crippen molar-refractivity contribution in [3.05, 3.63) is 24.3 Å². The predicted octanol–water partition coefficient (Wildman–Crippen LogP) is 2.94. The topological polar surface area (TPSA) is 37.4 Å². The van der Waals surface area contributed by atoms with Crippen LogP contribution >= 0.6 is 11.6 Å². The van der Waals surface area contributed by atoms with E-state index in [1.54, 1.807) is 19.1 Å². The van der Waals surface area contributed by atoms with Crippen LogP contribution in [-0.4, -0.2) is 33.1 Å². The molecule has 1 heterocycles. The first-order valence-electron chi connectivity index (χ1n) is 6.71. The fourth-order valence-electron chi connectivity index (χ4n) is 2.47. The van der Waals surface area contributed by atoms with Crippen LogP contribution in [0.25, 0.3) is 0 Å². The number of anilines is 1. The van der Waals surface area contributed by atoms with Crippen molar-refractivity contribution in [1.29, 1.82) is 0 Å². The van der Waals surface area contributed by atoms with Gasteiger partial charge in [-0.15, -0.1) is 11.6 Å². The molecule has 5 heteroatoms. The van der Waals surface area contributed by atoms with E-state index in [0.29, 0.717) is 16.7 Å². The van der Waals surface area contributed by atoms with Crippen LogP contribution in [0.3, 0.4) is 0 Å². The molecule has 0 bridgehead atoms. The number of nitrogens with zero attached hydrogens (tertiary/aromatic N) is 1. The summed E-state index contributed by atoms with van der Waals surface area (Å²) in [6.45, 7) is 3.45. The largest absolute Gasteiger partial charge is 0.370 e. The van der Waals surface area contributed by atoms with E-state index in [9.17, 15) is 8.42 Å². The zero-order valence-corrected chi connectivity index (χ0v) is 12.8. The van der Waals surface area contributed by atoms with Gasteiger partial charge < -0.3 is 4.90 Å². The molecule has 19 heavy (non-hydrogen) atoms. The first-order valence-corrected chi connectivity index (χ1v) is 8.90. The number of halogens is 1. The summed E-state index contributed by atoms with van der Waals surface area (Å²) in [7, 11) is -3.16. The summed E-state index contributed by atoms with van der Waals surface area (Å²) in [4.78, 5) is 2.63. The highest BCUT2D eigenvalue weighted by Crippen LogP contribution is 2.30. The number of alkyl halides is 1. The number of benzene rings is 1. The van der Waals surface area contributed by atoms with E-state index < -0.39 is 9.84 Å². The zero-order chi connectivity index (χ0) is 13.9. The molecule has 0 radical (unpaired) electrons. The third-order valence-electron chi connectivity index (χ3n) is 3.75. The lowest BCUT2D eigenvalue weighted by Gasteiger charge is -2.33. The maximum atomic E-state index is 12.1. The molecule has 0 saturated carbocycles. The maximum absolute atomic E-state index is 12.1. The van der Waals surface area contributed by atoms with Gasteiger partial charge in [0.15, 0.2) is 9.84 Å². The zero-order valence-electron chi connectivity index (χ0n) is 11.2. The van der Waals surface area contributed by atoms with E-state index in [2.05, 4.69) is 4.90 Å². The Morgan fingerprint density at radius 1 is 1.26 bits per heavy atom. The second-order valence-electron chi connectivity index (χ2n) is 4.96. The molecule has 106 valence electrons. The molecule has 0 atom stereocenters. The highest BCUT2D eigenvalue weighted by atomic mass is 35.5. The molecule has 1 aliphatic heterocycles. The van der Waals surface area contributed by atoms with Crippen LogP contribution in [0.15, 0.2) is 29.2 Å². The van der Waals surface area contributed by atoms with Crippen molar-refractivity contribution >= 4 is 27.1 Å². The maximum Gasteiger partial charge on any atom is 0.180 e. The Labute approximate surface area is 120 Å². The molecule has 0 amide bonds. The lowest BCUT2D eigenvalue weighted by atomic mass is 9.98. The highest BCUT2D eigenvalue weighted by Gasteiger charge is 2.24. The average Bonchev–Trinajstić information content (AvgIpc) is 2.47. The van der Waals surface area contributed by atoms with Crippen molar-refractivity contribution in [2.24, 2.45) is 5.92 Å². The number of rotatable bonds is 4. The summed E-state index contributed by atoms with van der Waals surface area (Å²) in [5.41, 5.74) is 0.845. The molecule has 0 unspecified atom stereocenters. The third kappa shape index (κ3) is 3.23. The van der Waals surface area contributed by atoms with Crippen LogP contribution in [0.4, 0.5) is 5.69 Å². The van der Waals surface area contributed by atoms with Crippen LogP contribution in [0, 0.1) is 5.92 Å². The van der Waals surface area contributed by atoms with Crippen LogP contribution < -0.4 is 4.90 Å². The lowest BCUT2D eigenvalue weighted by Crippen LogP contribution is -2.35. The highest BCUT2D eigenvalue weighted by molar-refractivity contribution is 7.91. The molecule has 1 aliphatic rings. The molecule has 2 rings (SSSR count). The molecule has 0 N–H and O–H groups in total. The van der Waals surface area contributed by atoms with Crippen molar-refractivity contribution in [3.63, 3.8) is 0 Å². The van der Waals surface area contributed by atoms with Crippen LogP contribution in [0.5, 0.6) is 0 Å². The van der Waals surface area contributed by atoms with Crippen molar-refractivity contribution in [2.45, 2.75) is 24.7 Å². The van der Waals surface area contributed by atoms with Gasteiger partial charge in [0.1, 0.15) is 0 Å². The molecule has 0 spiro atoms. The van der Waals surface area contributed by atoms with Crippen LogP contribution in [0.2, 0.25) is 0 Å². The molecular weight excluding hydrogens is 282 g/mol. The molecule has 1 aromatic rings. The smallest absolute Gasteiger partial charge is 0.180 e. The first-order chi connectivity index (χ1) is 9.08. The summed E-state index contributed by atoms with van der Waals surface area (Å²) in [6.07, 6.45) is 2.06. The van der Waals surface area contributed by atoms with Crippen molar-refractivity contribution < 1.29 is 8.42 Å². The minimum absolute atomic E-state index is 0.141. The summed E-state index contributed by atoms with van der Waals surface area (Å²) in [5, 5.41) is 0. The number of hydrogen-bond donors (Lipinski definition) is 0. The van der Waals surface area contributed by atoms with Gasteiger partial charge in [-0.1, -0.05) is 19.1 Å². The van der Waals surface area contributed by atoms with E-state index in [1.807, 2.05) is 12.1 Å². The predicted molar refractivity (Wildman–Crippen MR) is 79.8 cm³/mol. The van der Waals surface area contributed by atoms with Gasteiger partial charge in [0.25, 0.3) is 0 Å². The first kappa shape index (κ1) is 14.7. The molecular formula is C14H20ClNO2S. The molecule has 1 aromatic carbocycles. The summed E-state index contributed by atoms with van der Waals surface area (Å²) >= 11 is 5.89. The molecule has 1 fully saturated rings. The van der Waals surface area contributed by atoms with Gasteiger partial charge in [-0.2, -0.15) is 0 Å². The Balaban J connectivity index is 2.27. The number of piperidine rings is 1. The Bertz CT molecular complexity index is 522. The molecule has 0 aliphatic carbocycles. The quantitative estimate of drug-likeness (QED) is 0.803. The van der Waals surface area contributed by atoms with Gasteiger partial charge in [0.2, 0.25) is 0 Å². The summed E-state index contributed by atoms with van der Waals surface area (Å²) < 4.78 is 24.3. The van der Waals surface area contributed by atoms with Gasteiger partial charge in [-0.3, -0.25) is 0 Å². The number of hydrogen-bond acceptors (Lipinski definition) is 3. The lowest BCUT2D eigenvalue weighted by molar-refractivity contribution is 0.441. The normalized spacial score (nSPS) is 17.7. The van der Waals surface area contributed by atoms with Gasteiger partial charge in [0.05, 0.1) is 16.3 Å². The van der Waals surface area contributed by atoms with E-state index in [1.165, 1.54) is 0 Å². The number of para-hydroxylation sites is 1. The van der Waals surface area contributed by atoms with E-state index in [0.717, 1.165) is 31.6 Å². The summed E-state index contributed by atoms with van der Waals surface area (Å²) in [5.74, 6) is 1.40. The second kappa shape index (κ2) is 6.14. The monoisotopic (exact) mass is 301 g/mol. The third-order valence-corrected chi connectivity index (χ3v) is 5.97. The minimum Gasteiger partial charge on any atom is -0.370 e. The van der Waals surface area contributed by atoms with Crippen LogP contribution in [-0.2, 0) is 9.84 Å². The van der Waals surface area contributed by atoms with Crippen molar-refractivity contribution in [3.8, 4) is 0 Å². The average molecular weight is 302 g/mol. The Hall–Kier alpha value is -0.740. The molecule has 1 saturated heterocycles. The molecule has 3 nitrogen and oxygen atoms in total.